The van der Waals surface area contributed by atoms with Gasteiger partial charge in [0, 0.05) is 22.8 Å². The molecule has 1 aliphatic carbocycles. The maximum atomic E-state index is 12.9. The van der Waals surface area contributed by atoms with Gasteiger partial charge < -0.3 is 19.9 Å². The lowest BCUT2D eigenvalue weighted by Gasteiger charge is -2.15. The number of rotatable bonds is 5. The van der Waals surface area contributed by atoms with Gasteiger partial charge in [0.05, 0.1) is 5.56 Å². The molecule has 1 aliphatic rings. The lowest BCUT2D eigenvalue weighted by atomic mass is 9.95. The van der Waals surface area contributed by atoms with E-state index in [-0.39, 0.29) is 32.9 Å². The molecule has 0 aromatic heterocycles. The lowest BCUT2D eigenvalue weighted by Crippen LogP contribution is -2.20. The highest BCUT2D eigenvalue weighted by molar-refractivity contribution is 7.87. The smallest absolute Gasteiger partial charge is 0.362 e. The quantitative estimate of drug-likeness (QED) is 0.194. The number of fused-ring (bicyclic) bond motifs is 1. The summed E-state index contributed by atoms with van der Waals surface area (Å²) >= 11 is 0. The zero-order valence-electron chi connectivity index (χ0n) is 16.7. The van der Waals surface area contributed by atoms with Gasteiger partial charge >= 0.3 is 15.8 Å². The van der Waals surface area contributed by atoms with E-state index < -0.39 is 38.9 Å². The van der Waals surface area contributed by atoms with Crippen molar-refractivity contribution in [3.8, 4) is 17.2 Å². The van der Waals surface area contributed by atoms with Crippen LogP contribution in [-0.2, 0) is 10.1 Å². The topological polar surface area (TPSA) is 154 Å². The third kappa shape index (κ3) is 3.80. The third-order valence-corrected chi connectivity index (χ3v) is 6.22. The summed E-state index contributed by atoms with van der Waals surface area (Å²) < 4.78 is 30.9. The highest BCUT2D eigenvalue weighted by atomic mass is 32.2. The van der Waals surface area contributed by atoms with Gasteiger partial charge in [-0.05, 0) is 24.3 Å². The molecule has 0 fully saturated rings. The highest BCUT2D eigenvalue weighted by Gasteiger charge is 2.32. The second-order valence-corrected chi connectivity index (χ2v) is 8.42. The van der Waals surface area contributed by atoms with Crippen LogP contribution in [0.3, 0.4) is 0 Å². The molecule has 0 bridgehead atoms. The zero-order chi connectivity index (χ0) is 23.8. The maximum absolute atomic E-state index is 12.9. The van der Waals surface area contributed by atoms with E-state index >= 15 is 0 Å². The third-order valence-electron chi connectivity index (χ3n) is 4.92. The van der Waals surface area contributed by atoms with E-state index in [0.717, 1.165) is 18.2 Å². The lowest BCUT2D eigenvalue weighted by molar-refractivity contribution is -0.00436. The molecule has 0 unspecified atom stereocenters. The van der Waals surface area contributed by atoms with Crippen molar-refractivity contribution >= 4 is 33.5 Å². The number of allylic oxidation sites excluding steroid dienone is 1. The van der Waals surface area contributed by atoms with Crippen LogP contribution >= 0.6 is 0 Å². The molecular weight excluding hydrogens is 448 g/mol. The van der Waals surface area contributed by atoms with Crippen LogP contribution in [0.2, 0.25) is 0 Å². The molecule has 3 aromatic carbocycles. The van der Waals surface area contributed by atoms with Gasteiger partial charge in [-0.15, -0.1) is 0 Å². The van der Waals surface area contributed by atoms with E-state index in [2.05, 4.69) is 4.79 Å². The van der Waals surface area contributed by atoms with E-state index in [9.17, 15) is 28.2 Å². The van der Waals surface area contributed by atoms with Crippen molar-refractivity contribution < 1.29 is 37.2 Å². The summed E-state index contributed by atoms with van der Waals surface area (Å²) in [5.74, 6) is -3.66. The Labute approximate surface area is 187 Å². The number of ketones is 2. The molecule has 0 atom stereocenters. The van der Waals surface area contributed by atoms with Gasteiger partial charge in [-0.1, -0.05) is 42.5 Å². The Hall–Kier alpha value is -4.53. The minimum atomic E-state index is -4.59. The predicted molar refractivity (Wildman–Crippen MR) is 116 cm³/mol. The average Bonchev–Trinajstić information content (AvgIpc) is 2.82. The molecule has 0 saturated heterocycles. The largest absolute Gasteiger partial charge is 0.504 e. The average molecular weight is 462 g/mol. The second kappa shape index (κ2) is 8.19. The van der Waals surface area contributed by atoms with Crippen molar-refractivity contribution in [2.24, 2.45) is 0 Å². The van der Waals surface area contributed by atoms with Crippen molar-refractivity contribution in [2.75, 3.05) is 0 Å². The number of Topliss-reactive ketones (excluding diaryl/α,β-unsaturated/α-hetero) is 1. The predicted octanol–water partition coefficient (Wildman–Crippen LogP) is 2.98. The number of carbonyl (C=O) groups excluding carboxylic acids is 2. The second-order valence-electron chi connectivity index (χ2n) is 6.91. The Balaban J connectivity index is 1.71. The Morgan fingerprint density at radius 3 is 2.33 bits per heavy atom. The minimum Gasteiger partial charge on any atom is -0.504 e. The van der Waals surface area contributed by atoms with Crippen LogP contribution in [0.1, 0.15) is 31.8 Å². The van der Waals surface area contributed by atoms with Crippen molar-refractivity contribution in [2.45, 2.75) is 4.90 Å². The summed E-state index contributed by atoms with van der Waals surface area (Å²) in [5, 5.41) is 20.7. The number of carbonyl (C=O) groups is 2. The van der Waals surface area contributed by atoms with Crippen LogP contribution in [0.4, 0.5) is 0 Å². The minimum absolute atomic E-state index is 0.00878. The van der Waals surface area contributed by atoms with Crippen molar-refractivity contribution in [3.63, 3.8) is 0 Å². The van der Waals surface area contributed by atoms with Gasteiger partial charge in [0.25, 0.3) is 5.78 Å². The fourth-order valence-corrected chi connectivity index (χ4v) is 4.46. The van der Waals surface area contributed by atoms with Crippen molar-refractivity contribution in [3.05, 3.63) is 94.5 Å². The van der Waals surface area contributed by atoms with Gasteiger partial charge in [0.2, 0.25) is 5.75 Å². The van der Waals surface area contributed by atoms with Crippen LogP contribution < -0.4 is 4.18 Å². The van der Waals surface area contributed by atoms with Crippen LogP contribution in [0.15, 0.2) is 71.6 Å². The van der Waals surface area contributed by atoms with Crippen LogP contribution in [0, 0.1) is 0 Å². The van der Waals surface area contributed by atoms with Gasteiger partial charge in [-0.2, -0.15) is 13.2 Å². The van der Waals surface area contributed by atoms with Gasteiger partial charge in [0.1, 0.15) is 4.90 Å². The Morgan fingerprint density at radius 1 is 0.909 bits per heavy atom. The molecule has 33 heavy (non-hydrogen) atoms. The van der Waals surface area contributed by atoms with Crippen molar-refractivity contribution in [1.29, 1.82) is 0 Å². The molecule has 10 heteroatoms. The first-order valence-corrected chi connectivity index (χ1v) is 10.8. The summed E-state index contributed by atoms with van der Waals surface area (Å²) in [6.07, 6.45) is 2.43. The van der Waals surface area contributed by atoms with Gasteiger partial charge in [-0.3, -0.25) is 9.59 Å². The van der Waals surface area contributed by atoms with E-state index in [1.165, 1.54) is 36.4 Å². The van der Waals surface area contributed by atoms with Crippen LogP contribution in [0.5, 0.6) is 17.2 Å². The summed E-state index contributed by atoms with van der Waals surface area (Å²) in [7, 11) is -4.59. The number of phenolic OH excluding ortho intramolecular Hbond substituents is 2. The monoisotopic (exact) mass is 462 g/mol. The number of hydrogen-bond donors (Lipinski definition) is 2. The molecule has 9 nitrogen and oxygen atoms in total. The molecule has 3 aromatic rings. The van der Waals surface area contributed by atoms with E-state index in [0.29, 0.717) is 0 Å². The summed E-state index contributed by atoms with van der Waals surface area (Å²) in [4.78, 5) is 27.4. The van der Waals surface area contributed by atoms with E-state index in [1.54, 1.807) is 18.2 Å². The van der Waals surface area contributed by atoms with E-state index in [4.69, 9.17) is 9.71 Å². The molecular formula is C23H14N2O7S. The van der Waals surface area contributed by atoms with E-state index in [1.807, 2.05) is 0 Å². The molecule has 2 N–H and O–H groups in total. The van der Waals surface area contributed by atoms with Crippen molar-refractivity contribution in [1.82, 2.24) is 0 Å². The summed E-state index contributed by atoms with van der Waals surface area (Å²) in [6.45, 7) is 0. The first-order valence-electron chi connectivity index (χ1n) is 9.41. The fourth-order valence-electron chi connectivity index (χ4n) is 3.31. The zero-order valence-corrected chi connectivity index (χ0v) is 17.5. The fraction of sp³-hybridized carbons (Fsp3) is 0. The van der Waals surface area contributed by atoms with Crippen LogP contribution in [0.25, 0.3) is 11.6 Å². The molecule has 0 saturated carbocycles. The molecule has 4 rings (SSSR count). The number of hydrogen-bond acceptors (Lipinski definition) is 7. The summed E-state index contributed by atoms with van der Waals surface area (Å²) in [5.41, 5.74) is 8.63. The summed E-state index contributed by atoms with van der Waals surface area (Å²) in [6, 6.07) is 14.0. The molecule has 164 valence electrons. The highest BCUT2D eigenvalue weighted by Crippen LogP contribution is 2.40. The molecule has 0 spiro atoms. The van der Waals surface area contributed by atoms with Crippen LogP contribution in [-0.4, -0.2) is 40.7 Å². The van der Waals surface area contributed by atoms with Gasteiger partial charge in [-0.25, -0.2) is 0 Å². The number of benzene rings is 3. The maximum Gasteiger partial charge on any atom is 0.362 e. The normalized spacial score (nSPS) is 12.7. The molecule has 0 aliphatic heterocycles. The first-order chi connectivity index (χ1) is 15.7. The number of nitrogens with zero attached hydrogens (tertiary/aromatic N) is 2. The van der Waals surface area contributed by atoms with Gasteiger partial charge in [0.15, 0.2) is 17.3 Å². The molecule has 0 radical (unpaired) electrons. The SMILES string of the molecule is [N-]=[N+]=C1C=Cc2c(cccc2S(=O)(=O)Oc2ccc(C(=O)c3ccccc3)c(O)c2O)C1=O. The standard InChI is InChI=1S/C23H14N2O7S/c24-25-17-11-9-14-15(21(17)27)7-4-8-19(14)33(30,31)32-18-12-10-16(22(28)23(18)29)20(26)13-5-2-1-3-6-13/h1-12,28-29H. The number of phenols is 2. The Kier molecular flexibility index (Phi) is 5.39. The number of aromatic hydroxyl groups is 2. The Bertz CT molecular complexity index is 1500. The molecule has 0 amide bonds. The molecule has 0 heterocycles. The first kappa shape index (κ1) is 21.7. The Morgan fingerprint density at radius 2 is 1.64 bits per heavy atom.